The number of esters is 2. The van der Waals surface area contributed by atoms with Crippen LogP contribution < -0.4 is 5.73 Å². The number of rotatable bonds is 85. The Morgan fingerprint density at radius 1 is 0.303 bits per heavy atom. The topological polar surface area (TPSA) is 134 Å². The Kier molecular flexibility index (Phi) is 83.2. The summed E-state index contributed by atoms with van der Waals surface area (Å²) < 4.78 is 33.3. The van der Waals surface area contributed by atoms with Crippen LogP contribution in [0.25, 0.3) is 0 Å². The normalized spacial score (nSPS) is 13.0. The van der Waals surface area contributed by atoms with Gasteiger partial charge in [-0.05, 0) is 77.0 Å². The summed E-state index contributed by atoms with van der Waals surface area (Å²) in [7, 11) is -4.40. The van der Waals surface area contributed by atoms with Crippen LogP contribution in [0.4, 0.5) is 0 Å². The standard InChI is InChI=1S/C89H170NO8P/c1-3-5-7-9-11-13-15-17-19-21-23-25-27-29-31-33-35-37-39-41-43-45-47-49-51-53-55-57-59-61-63-65-67-69-71-73-75-77-79-81-88(91)95-85-87(86-97-99(93,94)96-84-83-90)98-89(92)82-80-78-76-74-72-70-68-66-64-62-60-58-56-54-52-50-48-46-44-42-40-38-36-34-32-30-28-26-24-22-20-18-16-14-12-10-8-6-4-2/h16,18,21-24,28,30,87H,3-15,17,19-20,25-27,29,31-86,90H2,1-2H3,(H,93,94)/b18-16-,23-21-,24-22-,30-28-. The number of hydrogen-bond acceptors (Lipinski definition) is 8. The molecule has 2 atom stereocenters. The molecule has 0 amide bonds. The minimum atomic E-state index is -4.40. The fourth-order valence-corrected chi connectivity index (χ4v) is 14.4. The molecule has 0 aliphatic heterocycles. The second-order valence-electron chi connectivity index (χ2n) is 30.1. The summed E-state index contributed by atoms with van der Waals surface area (Å²) in [6.45, 7) is 3.82. The molecule has 0 aromatic heterocycles. The molecule has 0 rings (SSSR count). The third-order valence-corrected chi connectivity index (χ3v) is 21.2. The van der Waals surface area contributed by atoms with Crippen molar-refractivity contribution in [2.24, 2.45) is 5.73 Å². The molecule has 2 unspecified atom stereocenters. The van der Waals surface area contributed by atoms with Crippen LogP contribution in [0.15, 0.2) is 48.6 Å². The van der Waals surface area contributed by atoms with Gasteiger partial charge in [0.25, 0.3) is 0 Å². The van der Waals surface area contributed by atoms with E-state index in [9.17, 15) is 19.0 Å². The number of carbonyl (C=O) groups is 2. The van der Waals surface area contributed by atoms with E-state index in [0.717, 1.165) is 44.9 Å². The van der Waals surface area contributed by atoms with Crippen molar-refractivity contribution in [1.29, 1.82) is 0 Å². The number of ether oxygens (including phenoxy) is 2. The Hall–Kier alpha value is -2.03. The lowest BCUT2D eigenvalue weighted by atomic mass is 10.0. The predicted molar refractivity (Wildman–Crippen MR) is 432 cm³/mol. The van der Waals surface area contributed by atoms with Crippen LogP contribution in [0.2, 0.25) is 0 Å². The van der Waals surface area contributed by atoms with Crippen molar-refractivity contribution in [2.45, 2.75) is 482 Å². The van der Waals surface area contributed by atoms with Crippen LogP contribution in [0, 0.1) is 0 Å². The van der Waals surface area contributed by atoms with Crippen molar-refractivity contribution in [1.82, 2.24) is 0 Å². The predicted octanol–water partition coefficient (Wildman–Crippen LogP) is 29.9. The van der Waals surface area contributed by atoms with Gasteiger partial charge < -0.3 is 20.1 Å². The van der Waals surface area contributed by atoms with E-state index in [1.165, 1.54) is 398 Å². The van der Waals surface area contributed by atoms with E-state index in [0.29, 0.717) is 6.42 Å². The minimum absolute atomic E-state index is 0.0565. The van der Waals surface area contributed by atoms with Gasteiger partial charge in [0.05, 0.1) is 13.2 Å². The summed E-state index contributed by atoms with van der Waals surface area (Å²) in [5.41, 5.74) is 5.42. The van der Waals surface area contributed by atoms with Crippen molar-refractivity contribution in [3.63, 3.8) is 0 Å². The molecular formula is C89H170NO8P. The molecule has 584 valence electrons. The highest BCUT2D eigenvalue weighted by Gasteiger charge is 2.26. The highest BCUT2D eigenvalue weighted by molar-refractivity contribution is 7.47. The fourth-order valence-electron chi connectivity index (χ4n) is 13.6. The van der Waals surface area contributed by atoms with Gasteiger partial charge in [0.1, 0.15) is 6.61 Å². The molecule has 10 heteroatoms. The maximum atomic E-state index is 12.8. The summed E-state index contributed by atoms with van der Waals surface area (Å²) in [6, 6.07) is 0. The first kappa shape index (κ1) is 97.0. The Balaban J connectivity index is 3.71. The third-order valence-electron chi connectivity index (χ3n) is 20.2. The molecule has 99 heavy (non-hydrogen) atoms. The van der Waals surface area contributed by atoms with Gasteiger partial charge in [-0.15, -0.1) is 0 Å². The molecule has 0 aliphatic carbocycles. The molecular weight excluding hydrogens is 1240 g/mol. The van der Waals surface area contributed by atoms with Gasteiger partial charge in [0, 0.05) is 19.4 Å². The van der Waals surface area contributed by atoms with E-state index in [2.05, 4.69) is 62.5 Å². The number of hydrogen-bond donors (Lipinski definition) is 2. The second kappa shape index (κ2) is 84.9. The average Bonchev–Trinajstić information content (AvgIpc) is 1.35. The first-order chi connectivity index (χ1) is 48.8. The van der Waals surface area contributed by atoms with Crippen LogP contribution in [0.5, 0.6) is 0 Å². The molecule has 0 heterocycles. The van der Waals surface area contributed by atoms with Gasteiger partial charge in [0.2, 0.25) is 0 Å². The SMILES string of the molecule is CCCCCCC/C=C\C/C=C\C/C=C\CCCCCCCCCCCCCCCCCCCCCCCCCCC(=O)OC(COC(=O)CCCCCCCCCCCCCCCCCCCCCCCCCCCCC/C=C\CCCCCCCCCC)COP(=O)(O)OCCN. The molecule has 0 radical (unpaired) electrons. The molecule has 0 bridgehead atoms. The molecule has 0 saturated carbocycles. The summed E-state index contributed by atoms with van der Waals surface area (Å²) >= 11 is 0. The Labute approximate surface area is 617 Å². The number of allylic oxidation sites excluding steroid dienone is 8. The Morgan fingerprint density at radius 2 is 0.525 bits per heavy atom. The molecule has 0 fully saturated rings. The summed E-state index contributed by atoms with van der Waals surface area (Å²) in [4.78, 5) is 35.5. The summed E-state index contributed by atoms with van der Waals surface area (Å²) in [5, 5.41) is 0. The summed E-state index contributed by atoms with van der Waals surface area (Å²) in [6.07, 6.45) is 112. The van der Waals surface area contributed by atoms with Gasteiger partial charge in [-0.3, -0.25) is 18.6 Å². The van der Waals surface area contributed by atoms with Crippen LogP contribution in [-0.4, -0.2) is 49.3 Å². The van der Waals surface area contributed by atoms with Crippen molar-refractivity contribution in [3.8, 4) is 0 Å². The monoisotopic (exact) mass is 1410 g/mol. The lowest BCUT2D eigenvalue weighted by Gasteiger charge is -2.19. The van der Waals surface area contributed by atoms with Crippen LogP contribution >= 0.6 is 7.82 Å². The van der Waals surface area contributed by atoms with Crippen molar-refractivity contribution in [2.75, 3.05) is 26.4 Å². The van der Waals surface area contributed by atoms with E-state index in [4.69, 9.17) is 24.3 Å². The zero-order valence-corrected chi connectivity index (χ0v) is 67.2. The highest BCUT2D eigenvalue weighted by Crippen LogP contribution is 2.43. The lowest BCUT2D eigenvalue weighted by molar-refractivity contribution is -0.161. The van der Waals surface area contributed by atoms with Gasteiger partial charge in [-0.25, -0.2) is 4.57 Å². The molecule has 0 aliphatic rings. The zero-order chi connectivity index (χ0) is 71.5. The Bertz CT molecular complexity index is 1770. The molecule has 0 spiro atoms. The van der Waals surface area contributed by atoms with E-state index in [1.54, 1.807) is 0 Å². The number of phosphoric acid groups is 1. The number of nitrogens with two attached hydrogens (primary N) is 1. The first-order valence-electron chi connectivity index (χ1n) is 44.1. The molecule has 0 aromatic carbocycles. The molecule has 0 aromatic rings. The summed E-state index contributed by atoms with van der Waals surface area (Å²) in [5.74, 6) is -0.799. The maximum Gasteiger partial charge on any atom is 0.472 e. The van der Waals surface area contributed by atoms with Gasteiger partial charge in [-0.1, -0.05) is 435 Å². The highest BCUT2D eigenvalue weighted by atomic mass is 31.2. The minimum Gasteiger partial charge on any atom is -0.462 e. The smallest absolute Gasteiger partial charge is 0.462 e. The quantitative estimate of drug-likeness (QED) is 0.0264. The van der Waals surface area contributed by atoms with Gasteiger partial charge in [-0.2, -0.15) is 0 Å². The average molecular weight is 1410 g/mol. The van der Waals surface area contributed by atoms with Crippen molar-refractivity contribution in [3.05, 3.63) is 48.6 Å². The largest absolute Gasteiger partial charge is 0.472 e. The van der Waals surface area contributed by atoms with Gasteiger partial charge in [0.15, 0.2) is 6.10 Å². The van der Waals surface area contributed by atoms with E-state index in [1.807, 2.05) is 0 Å². The number of carbonyl (C=O) groups excluding carboxylic acids is 2. The molecule has 0 saturated heterocycles. The van der Waals surface area contributed by atoms with E-state index >= 15 is 0 Å². The zero-order valence-electron chi connectivity index (χ0n) is 66.3. The van der Waals surface area contributed by atoms with E-state index in [-0.39, 0.29) is 38.6 Å². The fraction of sp³-hybridized carbons (Fsp3) is 0.888. The molecule has 9 nitrogen and oxygen atoms in total. The molecule has 3 N–H and O–H groups in total. The number of phosphoric ester groups is 1. The number of unbranched alkanes of at least 4 members (excludes halogenated alkanes) is 64. The van der Waals surface area contributed by atoms with Crippen LogP contribution in [0.1, 0.15) is 476 Å². The third kappa shape index (κ3) is 84.8. The first-order valence-corrected chi connectivity index (χ1v) is 45.6. The Morgan fingerprint density at radius 3 is 0.788 bits per heavy atom. The van der Waals surface area contributed by atoms with Crippen molar-refractivity contribution < 1.29 is 37.6 Å². The maximum absolute atomic E-state index is 12.8. The van der Waals surface area contributed by atoms with Gasteiger partial charge >= 0.3 is 19.8 Å². The lowest BCUT2D eigenvalue weighted by Crippen LogP contribution is -2.29. The van der Waals surface area contributed by atoms with Crippen LogP contribution in [0.3, 0.4) is 0 Å². The van der Waals surface area contributed by atoms with E-state index < -0.39 is 26.5 Å². The van der Waals surface area contributed by atoms with Crippen LogP contribution in [-0.2, 0) is 32.7 Å². The van der Waals surface area contributed by atoms with Crippen molar-refractivity contribution >= 4 is 19.8 Å². The second-order valence-corrected chi connectivity index (χ2v) is 31.6.